The van der Waals surface area contributed by atoms with Crippen molar-refractivity contribution in [3.63, 3.8) is 0 Å². The summed E-state index contributed by atoms with van der Waals surface area (Å²) in [4.78, 5) is 2.35. The zero-order valence-electron chi connectivity index (χ0n) is 31.2. The summed E-state index contributed by atoms with van der Waals surface area (Å²) in [7, 11) is 0. The van der Waals surface area contributed by atoms with Gasteiger partial charge >= 0.3 is 0 Å². The van der Waals surface area contributed by atoms with E-state index in [-0.39, 0.29) is 5.92 Å². The Morgan fingerprint density at radius 3 is 1.68 bits per heavy atom. The normalized spacial score (nSPS) is 13.6. The first kappa shape index (κ1) is 33.0. The van der Waals surface area contributed by atoms with Crippen molar-refractivity contribution in [3.8, 4) is 33.4 Å². The lowest BCUT2D eigenvalue weighted by Gasteiger charge is -2.26. The average molecular weight is 732 g/mol. The molecule has 0 aliphatic heterocycles. The van der Waals surface area contributed by atoms with Crippen LogP contribution in [-0.4, -0.2) is 0 Å². The van der Waals surface area contributed by atoms with Crippen LogP contribution in [0.15, 0.2) is 203 Å². The van der Waals surface area contributed by atoms with Crippen molar-refractivity contribution in [3.05, 3.63) is 210 Å². The Morgan fingerprint density at radius 1 is 0.404 bits per heavy atom. The maximum atomic E-state index is 6.48. The molecule has 2 heterocycles. The smallest absolute Gasteiger partial charge is 0.143 e. The van der Waals surface area contributed by atoms with E-state index in [2.05, 4.69) is 187 Å². The van der Waals surface area contributed by atoms with Crippen LogP contribution in [-0.2, 0) is 0 Å². The summed E-state index contributed by atoms with van der Waals surface area (Å²) in [6, 6.07) is 69.2. The van der Waals surface area contributed by atoms with Gasteiger partial charge in [0.05, 0.1) is 0 Å². The molecule has 3 heteroatoms. The van der Waals surface area contributed by atoms with Gasteiger partial charge in [-0.05, 0) is 94.4 Å². The van der Waals surface area contributed by atoms with E-state index in [9.17, 15) is 0 Å². The van der Waals surface area contributed by atoms with Crippen LogP contribution in [0.3, 0.4) is 0 Å². The number of benzene rings is 8. The molecule has 0 bridgehead atoms. The summed E-state index contributed by atoms with van der Waals surface area (Å²) >= 11 is 0. The van der Waals surface area contributed by atoms with Crippen LogP contribution >= 0.6 is 0 Å². The fourth-order valence-corrected chi connectivity index (χ4v) is 8.61. The van der Waals surface area contributed by atoms with Crippen LogP contribution in [0.2, 0.25) is 0 Å². The van der Waals surface area contributed by atoms with Gasteiger partial charge in [0.15, 0.2) is 0 Å². The maximum absolute atomic E-state index is 6.48. The Balaban J connectivity index is 0.968. The third-order valence-corrected chi connectivity index (χ3v) is 11.5. The molecule has 1 unspecified atom stereocenters. The van der Waals surface area contributed by atoms with Crippen molar-refractivity contribution in [1.82, 2.24) is 0 Å². The molecule has 1 atom stereocenters. The number of furan rings is 2. The van der Waals surface area contributed by atoms with E-state index in [1.165, 1.54) is 27.3 Å². The average Bonchev–Trinajstić information content (AvgIpc) is 3.86. The minimum Gasteiger partial charge on any atom is -0.456 e. The zero-order valence-corrected chi connectivity index (χ0v) is 31.2. The lowest BCUT2D eigenvalue weighted by molar-refractivity contribution is 0.570. The van der Waals surface area contributed by atoms with Crippen molar-refractivity contribution in [2.45, 2.75) is 12.3 Å². The monoisotopic (exact) mass is 731 g/mol. The van der Waals surface area contributed by atoms with Crippen molar-refractivity contribution in [2.75, 3.05) is 4.90 Å². The SMILES string of the molecule is C1=c2oc3ccccc3c2=CC(c2ccc(N(c3ccc(-c4ccccc4)cc3)c3ccc(-c4ccccc4-c4cccc5c4oc4ccccc45)cc3)cc2)C1. The molecular formula is C54H37NO2. The van der Waals surface area contributed by atoms with Gasteiger partial charge in [0.1, 0.15) is 22.2 Å². The van der Waals surface area contributed by atoms with E-state index >= 15 is 0 Å². The highest BCUT2D eigenvalue weighted by Gasteiger charge is 2.19. The molecule has 0 radical (unpaired) electrons. The minimum absolute atomic E-state index is 0.274. The first-order chi connectivity index (χ1) is 28.2. The molecule has 270 valence electrons. The minimum atomic E-state index is 0.274. The molecule has 57 heavy (non-hydrogen) atoms. The molecule has 3 nitrogen and oxygen atoms in total. The van der Waals surface area contributed by atoms with Crippen LogP contribution in [0.25, 0.3) is 78.4 Å². The van der Waals surface area contributed by atoms with Gasteiger partial charge in [-0.1, -0.05) is 152 Å². The molecule has 0 saturated heterocycles. The van der Waals surface area contributed by atoms with E-state index in [1.807, 2.05) is 24.3 Å². The molecule has 10 aromatic rings. The predicted molar refractivity (Wildman–Crippen MR) is 236 cm³/mol. The Morgan fingerprint density at radius 2 is 0.947 bits per heavy atom. The molecule has 0 N–H and O–H groups in total. The molecule has 1 aliphatic rings. The number of fused-ring (bicyclic) bond motifs is 6. The maximum Gasteiger partial charge on any atom is 0.143 e. The largest absolute Gasteiger partial charge is 0.456 e. The van der Waals surface area contributed by atoms with Crippen molar-refractivity contribution in [1.29, 1.82) is 0 Å². The molecule has 8 aromatic carbocycles. The van der Waals surface area contributed by atoms with Crippen LogP contribution in [0, 0.1) is 0 Å². The Kier molecular flexibility index (Phi) is 7.96. The molecule has 0 fully saturated rings. The molecule has 0 spiro atoms. The molecule has 1 aliphatic carbocycles. The van der Waals surface area contributed by atoms with Gasteiger partial charge in [0, 0.05) is 49.9 Å². The van der Waals surface area contributed by atoms with Crippen molar-refractivity contribution >= 4 is 62.1 Å². The van der Waals surface area contributed by atoms with E-state index < -0.39 is 0 Å². The van der Waals surface area contributed by atoms with Crippen LogP contribution in [0.1, 0.15) is 17.9 Å². The number of rotatable bonds is 7. The number of hydrogen-bond acceptors (Lipinski definition) is 3. The highest BCUT2D eigenvalue weighted by Crippen LogP contribution is 2.42. The number of anilines is 3. The highest BCUT2D eigenvalue weighted by molar-refractivity contribution is 6.10. The number of nitrogens with zero attached hydrogens (tertiary/aromatic N) is 1. The van der Waals surface area contributed by atoms with Crippen molar-refractivity contribution < 1.29 is 8.83 Å². The standard InChI is InChI=1S/C54H37NO2/c1-2-11-36(12-3-1)37-21-28-41(29-22-37)55(42-30-23-38(24-31-42)40-27-34-53-50(35-40)47-16-7-8-19-51(47)56-53)43-32-25-39(26-33-43)44-13-4-5-14-45(44)48-17-10-18-49-46-15-6-9-20-52(46)57-54(48)49/h1-26,28-35,40H,27H2. The Labute approximate surface area is 330 Å². The summed E-state index contributed by atoms with van der Waals surface area (Å²) < 4.78 is 12.6. The van der Waals surface area contributed by atoms with Gasteiger partial charge in [0.25, 0.3) is 0 Å². The summed E-state index contributed by atoms with van der Waals surface area (Å²) in [5.74, 6) is 0.274. The van der Waals surface area contributed by atoms with Gasteiger partial charge in [0.2, 0.25) is 0 Å². The van der Waals surface area contributed by atoms with Gasteiger partial charge in [-0.15, -0.1) is 0 Å². The third-order valence-electron chi connectivity index (χ3n) is 11.5. The van der Waals surface area contributed by atoms with E-state index in [0.717, 1.165) is 78.7 Å². The lowest BCUT2D eigenvalue weighted by Crippen LogP contribution is -2.24. The lowest BCUT2D eigenvalue weighted by atomic mass is 9.91. The van der Waals surface area contributed by atoms with Gasteiger partial charge in [-0.25, -0.2) is 0 Å². The Bertz CT molecular complexity index is 3190. The molecule has 11 rings (SSSR count). The van der Waals surface area contributed by atoms with E-state index in [0.29, 0.717) is 0 Å². The molecule has 2 aromatic heterocycles. The van der Waals surface area contributed by atoms with Crippen LogP contribution in [0.4, 0.5) is 17.1 Å². The molecular weight excluding hydrogens is 695 g/mol. The fourth-order valence-electron chi connectivity index (χ4n) is 8.61. The van der Waals surface area contributed by atoms with Crippen LogP contribution in [0.5, 0.6) is 0 Å². The topological polar surface area (TPSA) is 29.5 Å². The van der Waals surface area contributed by atoms with E-state index in [4.69, 9.17) is 8.83 Å². The first-order valence-electron chi connectivity index (χ1n) is 19.6. The molecule has 0 saturated carbocycles. The first-order valence-corrected chi connectivity index (χ1v) is 19.6. The number of para-hydroxylation sites is 3. The Hall–Kier alpha value is -7.36. The highest BCUT2D eigenvalue weighted by atomic mass is 16.3. The zero-order chi connectivity index (χ0) is 37.7. The molecule has 0 amide bonds. The van der Waals surface area contributed by atoms with E-state index in [1.54, 1.807) is 0 Å². The summed E-state index contributed by atoms with van der Waals surface area (Å²) in [5.41, 5.74) is 15.3. The van der Waals surface area contributed by atoms with Crippen LogP contribution < -0.4 is 15.5 Å². The summed E-state index contributed by atoms with van der Waals surface area (Å²) in [5, 5.41) is 4.64. The summed E-state index contributed by atoms with van der Waals surface area (Å²) in [6.07, 6.45) is 5.53. The van der Waals surface area contributed by atoms with Gasteiger partial charge < -0.3 is 13.7 Å². The number of hydrogen-bond donors (Lipinski definition) is 0. The van der Waals surface area contributed by atoms with Crippen molar-refractivity contribution in [2.24, 2.45) is 0 Å². The van der Waals surface area contributed by atoms with Gasteiger partial charge in [-0.3, -0.25) is 0 Å². The predicted octanol–water partition coefficient (Wildman–Crippen LogP) is 13.6. The van der Waals surface area contributed by atoms with Gasteiger partial charge in [-0.2, -0.15) is 0 Å². The second kappa shape index (κ2) is 13.7. The second-order valence-corrected chi connectivity index (χ2v) is 14.8. The fraction of sp³-hybridized carbons (Fsp3) is 0.0370. The third kappa shape index (κ3) is 5.84. The second-order valence-electron chi connectivity index (χ2n) is 14.8. The summed E-state index contributed by atoms with van der Waals surface area (Å²) in [6.45, 7) is 0. The quantitative estimate of drug-likeness (QED) is 0.163.